The highest BCUT2D eigenvalue weighted by atomic mass is 16.2. The van der Waals surface area contributed by atoms with Gasteiger partial charge in [0.05, 0.1) is 24.2 Å². The molecule has 0 aliphatic rings. The minimum Gasteiger partial charge on any atom is -0.348 e. The Kier molecular flexibility index (Phi) is 6.52. The van der Waals surface area contributed by atoms with Gasteiger partial charge in [0.1, 0.15) is 0 Å². The lowest BCUT2D eigenvalue weighted by Crippen LogP contribution is -2.34. The minimum absolute atomic E-state index is 0.139. The first-order valence-electron chi connectivity index (χ1n) is 9.24. The van der Waals surface area contributed by atoms with E-state index in [1.165, 1.54) is 0 Å². The summed E-state index contributed by atoms with van der Waals surface area (Å²) in [5, 5.41) is 5.93. The van der Waals surface area contributed by atoms with Crippen LogP contribution in [0.15, 0.2) is 85.1 Å². The molecule has 0 aliphatic heterocycles. The van der Waals surface area contributed by atoms with Crippen LogP contribution in [0.4, 0.5) is 0 Å². The van der Waals surface area contributed by atoms with Crippen molar-refractivity contribution in [3.63, 3.8) is 0 Å². The number of amides is 2. The average molecular weight is 373 g/mol. The third-order valence-electron chi connectivity index (χ3n) is 4.44. The SMILES string of the molecule is CC(NC(=O)CC(NC(=O)c1ccccc1)c1ccccc1)c1ccccn1. The molecule has 0 aliphatic carbocycles. The molecule has 0 saturated carbocycles. The maximum atomic E-state index is 12.6. The van der Waals surface area contributed by atoms with E-state index in [0.29, 0.717) is 5.56 Å². The van der Waals surface area contributed by atoms with Gasteiger partial charge in [-0.2, -0.15) is 0 Å². The Morgan fingerprint density at radius 1 is 0.857 bits per heavy atom. The molecule has 2 amide bonds. The summed E-state index contributed by atoms with van der Waals surface area (Å²) in [6, 6.07) is 23.5. The fraction of sp³-hybridized carbons (Fsp3) is 0.174. The molecule has 0 fully saturated rings. The maximum absolute atomic E-state index is 12.6. The molecule has 2 aromatic carbocycles. The summed E-state index contributed by atoms with van der Waals surface area (Å²) in [6.07, 6.45) is 1.84. The monoisotopic (exact) mass is 373 g/mol. The number of rotatable bonds is 7. The third kappa shape index (κ3) is 5.27. The number of pyridine rings is 1. The van der Waals surface area contributed by atoms with Crippen LogP contribution in [-0.4, -0.2) is 16.8 Å². The second-order valence-corrected chi connectivity index (χ2v) is 6.55. The lowest BCUT2D eigenvalue weighted by Gasteiger charge is -2.21. The summed E-state index contributed by atoms with van der Waals surface area (Å²) in [4.78, 5) is 29.5. The predicted octanol–water partition coefficient (Wildman–Crippen LogP) is 3.82. The van der Waals surface area contributed by atoms with Gasteiger partial charge in [-0.05, 0) is 36.8 Å². The van der Waals surface area contributed by atoms with Gasteiger partial charge >= 0.3 is 0 Å². The summed E-state index contributed by atoms with van der Waals surface area (Å²) in [5.41, 5.74) is 2.23. The van der Waals surface area contributed by atoms with Crippen molar-refractivity contribution in [2.75, 3.05) is 0 Å². The predicted molar refractivity (Wildman–Crippen MR) is 109 cm³/mol. The fourth-order valence-electron chi connectivity index (χ4n) is 2.96. The highest BCUT2D eigenvalue weighted by molar-refractivity contribution is 5.94. The van der Waals surface area contributed by atoms with E-state index in [0.717, 1.165) is 11.3 Å². The number of nitrogens with one attached hydrogen (secondary N) is 2. The molecule has 1 aromatic heterocycles. The molecule has 1 heterocycles. The van der Waals surface area contributed by atoms with E-state index in [1.54, 1.807) is 18.3 Å². The molecule has 28 heavy (non-hydrogen) atoms. The number of aromatic nitrogens is 1. The Bertz CT molecular complexity index is 899. The molecule has 5 heteroatoms. The van der Waals surface area contributed by atoms with Crippen molar-refractivity contribution >= 4 is 11.8 Å². The Hall–Kier alpha value is -3.47. The molecule has 5 nitrogen and oxygen atoms in total. The second-order valence-electron chi connectivity index (χ2n) is 6.55. The molecule has 142 valence electrons. The van der Waals surface area contributed by atoms with E-state index in [2.05, 4.69) is 15.6 Å². The first-order chi connectivity index (χ1) is 13.6. The van der Waals surface area contributed by atoms with Gasteiger partial charge in [0, 0.05) is 11.8 Å². The van der Waals surface area contributed by atoms with E-state index in [-0.39, 0.29) is 24.3 Å². The zero-order valence-corrected chi connectivity index (χ0v) is 15.7. The van der Waals surface area contributed by atoms with Crippen LogP contribution in [0.5, 0.6) is 0 Å². The topological polar surface area (TPSA) is 71.1 Å². The lowest BCUT2D eigenvalue weighted by atomic mass is 10.0. The molecule has 2 atom stereocenters. The van der Waals surface area contributed by atoms with Crippen LogP contribution < -0.4 is 10.6 Å². The molecule has 3 rings (SSSR count). The van der Waals surface area contributed by atoms with Crippen molar-refractivity contribution in [1.82, 2.24) is 15.6 Å². The van der Waals surface area contributed by atoms with Gasteiger partial charge in [0.25, 0.3) is 5.91 Å². The normalized spacial score (nSPS) is 12.6. The number of benzene rings is 2. The number of hydrogen-bond donors (Lipinski definition) is 2. The summed E-state index contributed by atoms with van der Waals surface area (Å²) in [6.45, 7) is 1.89. The van der Waals surface area contributed by atoms with Crippen molar-refractivity contribution in [2.24, 2.45) is 0 Å². The molecular formula is C23H23N3O2. The van der Waals surface area contributed by atoms with Crippen molar-refractivity contribution in [3.05, 3.63) is 102 Å². The van der Waals surface area contributed by atoms with Gasteiger partial charge < -0.3 is 10.6 Å². The van der Waals surface area contributed by atoms with E-state index < -0.39 is 6.04 Å². The molecule has 3 aromatic rings. The summed E-state index contributed by atoms with van der Waals surface area (Å²) >= 11 is 0. The van der Waals surface area contributed by atoms with Crippen LogP contribution in [0.25, 0.3) is 0 Å². The third-order valence-corrected chi connectivity index (χ3v) is 4.44. The highest BCUT2D eigenvalue weighted by Crippen LogP contribution is 2.18. The molecule has 0 radical (unpaired) electrons. The zero-order chi connectivity index (χ0) is 19.8. The van der Waals surface area contributed by atoms with Gasteiger partial charge in [0.15, 0.2) is 0 Å². The summed E-state index contributed by atoms with van der Waals surface area (Å²) < 4.78 is 0. The fourth-order valence-corrected chi connectivity index (χ4v) is 2.96. The van der Waals surface area contributed by atoms with Crippen LogP contribution in [0.2, 0.25) is 0 Å². The maximum Gasteiger partial charge on any atom is 0.251 e. The molecule has 2 unspecified atom stereocenters. The minimum atomic E-state index is -0.426. The summed E-state index contributed by atoms with van der Waals surface area (Å²) in [5.74, 6) is -0.361. The van der Waals surface area contributed by atoms with Crippen molar-refractivity contribution in [2.45, 2.75) is 25.4 Å². The van der Waals surface area contributed by atoms with Crippen molar-refractivity contribution in [3.8, 4) is 0 Å². The van der Waals surface area contributed by atoms with Gasteiger partial charge in [0.2, 0.25) is 5.91 Å². The Morgan fingerprint density at radius 3 is 2.14 bits per heavy atom. The van der Waals surface area contributed by atoms with Crippen LogP contribution >= 0.6 is 0 Å². The quantitative estimate of drug-likeness (QED) is 0.661. The molecule has 0 bridgehead atoms. The summed E-state index contributed by atoms with van der Waals surface area (Å²) in [7, 11) is 0. The van der Waals surface area contributed by atoms with E-state index in [9.17, 15) is 9.59 Å². The zero-order valence-electron chi connectivity index (χ0n) is 15.7. The Balaban J connectivity index is 1.70. The lowest BCUT2D eigenvalue weighted by molar-refractivity contribution is -0.122. The Labute approximate surface area is 164 Å². The number of nitrogens with zero attached hydrogens (tertiary/aromatic N) is 1. The van der Waals surface area contributed by atoms with Gasteiger partial charge in [-0.1, -0.05) is 54.6 Å². The molecular weight excluding hydrogens is 350 g/mol. The largest absolute Gasteiger partial charge is 0.348 e. The molecule has 0 saturated heterocycles. The van der Waals surface area contributed by atoms with Crippen molar-refractivity contribution < 1.29 is 9.59 Å². The first kappa shape index (κ1) is 19.3. The van der Waals surface area contributed by atoms with Gasteiger partial charge in [-0.25, -0.2) is 0 Å². The van der Waals surface area contributed by atoms with Crippen LogP contribution in [0, 0.1) is 0 Å². The highest BCUT2D eigenvalue weighted by Gasteiger charge is 2.20. The number of carbonyl (C=O) groups is 2. The van der Waals surface area contributed by atoms with E-state index in [4.69, 9.17) is 0 Å². The molecule has 2 N–H and O–H groups in total. The van der Waals surface area contributed by atoms with Crippen LogP contribution in [-0.2, 0) is 4.79 Å². The Morgan fingerprint density at radius 2 is 1.50 bits per heavy atom. The van der Waals surface area contributed by atoms with E-state index in [1.807, 2.05) is 73.7 Å². The van der Waals surface area contributed by atoms with Gasteiger partial charge in [-0.15, -0.1) is 0 Å². The second kappa shape index (κ2) is 9.46. The smallest absolute Gasteiger partial charge is 0.251 e. The van der Waals surface area contributed by atoms with E-state index >= 15 is 0 Å². The first-order valence-corrected chi connectivity index (χ1v) is 9.24. The molecule has 0 spiro atoms. The standard InChI is InChI=1S/C23H23N3O2/c1-17(20-14-8-9-15-24-20)25-22(27)16-21(18-10-4-2-5-11-18)26-23(28)19-12-6-3-7-13-19/h2-15,17,21H,16H2,1H3,(H,25,27)(H,26,28). The number of hydrogen-bond acceptors (Lipinski definition) is 3. The van der Waals surface area contributed by atoms with Crippen LogP contribution in [0.3, 0.4) is 0 Å². The van der Waals surface area contributed by atoms with Gasteiger partial charge in [-0.3, -0.25) is 14.6 Å². The number of carbonyl (C=O) groups excluding carboxylic acids is 2. The average Bonchev–Trinajstić information content (AvgIpc) is 2.75. The van der Waals surface area contributed by atoms with Crippen molar-refractivity contribution in [1.29, 1.82) is 0 Å². The van der Waals surface area contributed by atoms with Crippen LogP contribution in [0.1, 0.15) is 47.0 Å².